The third-order valence-corrected chi connectivity index (χ3v) is 3.33. The average Bonchev–Trinajstić information content (AvgIpc) is 2.40. The zero-order valence-corrected chi connectivity index (χ0v) is 10.8. The molecule has 0 saturated heterocycles. The molecule has 1 N–H and O–H groups in total. The van der Waals surface area contributed by atoms with Crippen LogP contribution in [0.2, 0.25) is 0 Å². The number of methoxy groups -OCH3 is 2. The summed E-state index contributed by atoms with van der Waals surface area (Å²) >= 11 is 0. The van der Waals surface area contributed by atoms with Crippen LogP contribution < -0.4 is 0 Å². The Morgan fingerprint density at radius 3 is 2.78 bits per heavy atom. The highest BCUT2D eigenvalue weighted by molar-refractivity contribution is 5.30. The summed E-state index contributed by atoms with van der Waals surface area (Å²) in [5.41, 5.74) is 2.46. The number of fused-ring (bicyclic) bond motifs is 1. The van der Waals surface area contributed by atoms with Crippen LogP contribution in [0.15, 0.2) is 24.3 Å². The van der Waals surface area contributed by atoms with Crippen molar-refractivity contribution in [1.82, 2.24) is 0 Å². The molecular weight excluding hydrogens is 232 g/mol. The summed E-state index contributed by atoms with van der Waals surface area (Å²) in [5.74, 6) is 0. The molecule has 1 aliphatic rings. The van der Waals surface area contributed by atoms with E-state index >= 15 is 0 Å². The van der Waals surface area contributed by atoms with Crippen molar-refractivity contribution in [2.45, 2.75) is 31.3 Å². The van der Waals surface area contributed by atoms with E-state index in [2.05, 4.69) is 12.1 Å². The largest absolute Gasteiger partial charge is 0.388 e. The first kappa shape index (κ1) is 13.5. The van der Waals surface area contributed by atoms with Gasteiger partial charge in [-0.15, -0.1) is 0 Å². The SMILES string of the molecule is COC(OC)C(O)CC1OCCc2ccccc21. The van der Waals surface area contributed by atoms with Crippen LogP contribution in [0.5, 0.6) is 0 Å². The number of rotatable bonds is 5. The second-order valence-corrected chi connectivity index (χ2v) is 4.45. The van der Waals surface area contributed by atoms with E-state index in [9.17, 15) is 5.11 Å². The zero-order chi connectivity index (χ0) is 13.0. The number of ether oxygens (including phenoxy) is 3. The fourth-order valence-corrected chi connectivity index (χ4v) is 2.41. The van der Waals surface area contributed by atoms with E-state index in [1.54, 1.807) is 0 Å². The number of hydrogen-bond acceptors (Lipinski definition) is 4. The van der Waals surface area contributed by atoms with Gasteiger partial charge in [-0.05, 0) is 17.5 Å². The second kappa shape index (κ2) is 6.29. The van der Waals surface area contributed by atoms with E-state index in [4.69, 9.17) is 14.2 Å². The fourth-order valence-electron chi connectivity index (χ4n) is 2.41. The van der Waals surface area contributed by atoms with Gasteiger partial charge in [0.25, 0.3) is 0 Å². The first-order valence-corrected chi connectivity index (χ1v) is 6.19. The third-order valence-electron chi connectivity index (χ3n) is 3.33. The van der Waals surface area contributed by atoms with Crippen LogP contribution in [-0.4, -0.2) is 38.3 Å². The predicted octanol–water partition coefficient (Wildman–Crippen LogP) is 1.67. The van der Waals surface area contributed by atoms with Crippen molar-refractivity contribution >= 4 is 0 Å². The molecule has 0 amide bonds. The molecule has 0 fully saturated rings. The van der Waals surface area contributed by atoms with Gasteiger partial charge in [-0.25, -0.2) is 0 Å². The minimum atomic E-state index is -0.698. The van der Waals surface area contributed by atoms with E-state index in [0.29, 0.717) is 13.0 Å². The molecule has 4 nitrogen and oxygen atoms in total. The van der Waals surface area contributed by atoms with Crippen molar-refractivity contribution in [3.63, 3.8) is 0 Å². The summed E-state index contributed by atoms with van der Waals surface area (Å²) < 4.78 is 15.9. The highest BCUT2D eigenvalue weighted by Gasteiger charge is 2.27. The standard InChI is InChI=1S/C14H20O4/c1-16-14(17-2)12(15)9-13-11-6-4-3-5-10(11)7-8-18-13/h3-6,12-15H,7-9H2,1-2H3. The maximum Gasteiger partial charge on any atom is 0.182 e. The van der Waals surface area contributed by atoms with Gasteiger partial charge < -0.3 is 19.3 Å². The van der Waals surface area contributed by atoms with Gasteiger partial charge in [-0.1, -0.05) is 24.3 Å². The molecule has 0 spiro atoms. The van der Waals surface area contributed by atoms with Gasteiger partial charge in [0.2, 0.25) is 0 Å². The molecule has 18 heavy (non-hydrogen) atoms. The molecule has 1 aliphatic heterocycles. The summed E-state index contributed by atoms with van der Waals surface area (Å²) in [6.45, 7) is 0.693. The molecule has 100 valence electrons. The minimum Gasteiger partial charge on any atom is -0.388 e. The van der Waals surface area contributed by atoms with Crippen LogP contribution in [0.3, 0.4) is 0 Å². The van der Waals surface area contributed by atoms with Crippen LogP contribution in [0, 0.1) is 0 Å². The van der Waals surface area contributed by atoms with Crippen LogP contribution in [-0.2, 0) is 20.6 Å². The topological polar surface area (TPSA) is 47.9 Å². The Balaban J connectivity index is 2.07. The molecule has 0 aliphatic carbocycles. The molecule has 2 unspecified atom stereocenters. The second-order valence-electron chi connectivity index (χ2n) is 4.45. The van der Waals surface area contributed by atoms with Crippen LogP contribution in [0.1, 0.15) is 23.7 Å². The van der Waals surface area contributed by atoms with E-state index < -0.39 is 12.4 Å². The molecular formula is C14H20O4. The Kier molecular flexibility index (Phi) is 4.72. The lowest BCUT2D eigenvalue weighted by Gasteiger charge is -2.29. The summed E-state index contributed by atoms with van der Waals surface area (Å²) in [7, 11) is 3.04. The summed E-state index contributed by atoms with van der Waals surface area (Å²) in [6.07, 6.45) is 0.0148. The lowest BCUT2D eigenvalue weighted by molar-refractivity contribution is -0.174. The van der Waals surface area contributed by atoms with E-state index in [0.717, 1.165) is 12.0 Å². The lowest BCUT2D eigenvalue weighted by atomic mass is 9.94. The Morgan fingerprint density at radius 1 is 1.33 bits per heavy atom. The van der Waals surface area contributed by atoms with Crippen LogP contribution in [0.25, 0.3) is 0 Å². The lowest BCUT2D eigenvalue weighted by Crippen LogP contribution is -2.32. The Bertz CT molecular complexity index is 376. The molecule has 0 bridgehead atoms. The molecule has 0 radical (unpaired) electrons. The third kappa shape index (κ3) is 2.90. The highest BCUT2D eigenvalue weighted by atomic mass is 16.7. The van der Waals surface area contributed by atoms with Crippen molar-refractivity contribution in [2.24, 2.45) is 0 Å². The smallest absolute Gasteiger partial charge is 0.182 e. The number of hydrogen-bond donors (Lipinski definition) is 1. The number of benzene rings is 1. The van der Waals surface area contributed by atoms with Crippen LogP contribution in [0.4, 0.5) is 0 Å². The first-order valence-electron chi connectivity index (χ1n) is 6.19. The maximum absolute atomic E-state index is 10.1. The van der Waals surface area contributed by atoms with Gasteiger partial charge in [0.05, 0.1) is 12.7 Å². The average molecular weight is 252 g/mol. The maximum atomic E-state index is 10.1. The van der Waals surface area contributed by atoms with Gasteiger partial charge in [0, 0.05) is 20.6 Å². The zero-order valence-electron chi connectivity index (χ0n) is 10.8. The first-order chi connectivity index (χ1) is 8.76. The predicted molar refractivity (Wildman–Crippen MR) is 67.3 cm³/mol. The van der Waals surface area contributed by atoms with Crippen molar-refractivity contribution in [3.05, 3.63) is 35.4 Å². The normalized spacial score (nSPS) is 20.8. The monoisotopic (exact) mass is 252 g/mol. The van der Waals surface area contributed by atoms with Crippen molar-refractivity contribution < 1.29 is 19.3 Å². The van der Waals surface area contributed by atoms with Gasteiger partial charge >= 0.3 is 0 Å². The molecule has 2 atom stereocenters. The molecule has 0 saturated carbocycles. The van der Waals surface area contributed by atoms with Gasteiger partial charge in [-0.2, -0.15) is 0 Å². The quantitative estimate of drug-likeness (QED) is 0.810. The molecule has 1 aromatic carbocycles. The summed E-state index contributed by atoms with van der Waals surface area (Å²) in [4.78, 5) is 0. The summed E-state index contributed by atoms with van der Waals surface area (Å²) in [5, 5.41) is 10.1. The molecule has 2 rings (SSSR count). The summed E-state index contributed by atoms with van der Waals surface area (Å²) in [6, 6.07) is 8.20. The van der Waals surface area contributed by atoms with Crippen molar-refractivity contribution in [1.29, 1.82) is 0 Å². The van der Waals surface area contributed by atoms with Gasteiger partial charge in [0.1, 0.15) is 6.10 Å². The van der Waals surface area contributed by atoms with Crippen molar-refractivity contribution in [3.8, 4) is 0 Å². The Labute approximate surface area is 107 Å². The van der Waals surface area contributed by atoms with Gasteiger partial charge in [-0.3, -0.25) is 0 Å². The minimum absolute atomic E-state index is 0.0854. The molecule has 0 aromatic heterocycles. The molecule has 4 heteroatoms. The molecule has 1 aromatic rings. The van der Waals surface area contributed by atoms with E-state index in [1.807, 2.05) is 12.1 Å². The van der Waals surface area contributed by atoms with E-state index in [-0.39, 0.29) is 6.10 Å². The Morgan fingerprint density at radius 2 is 2.06 bits per heavy atom. The Hall–Kier alpha value is -0.940. The van der Waals surface area contributed by atoms with E-state index in [1.165, 1.54) is 19.8 Å². The number of aliphatic hydroxyl groups excluding tert-OH is 1. The fraction of sp³-hybridized carbons (Fsp3) is 0.571. The number of aliphatic hydroxyl groups is 1. The highest BCUT2D eigenvalue weighted by Crippen LogP contribution is 2.31. The van der Waals surface area contributed by atoms with Gasteiger partial charge in [0.15, 0.2) is 6.29 Å². The van der Waals surface area contributed by atoms with Crippen molar-refractivity contribution in [2.75, 3.05) is 20.8 Å². The van der Waals surface area contributed by atoms with Crippen LogP contribution >= 0.6 is 0 Å². The molecule has 1 heterocycles.